The second kappa shape index (κ2) is 24.3. The van der Waals surface area contributed by atoms with Gasteiger partial charge in [0.15, 0.2) is 23.3 Å². The number of rotatable bonds is 20. The van der Waals surface area contributed by atoms with E-state index in [9.17, 15) is 0 Å². The lowest BCUT2D eigenvalue weighted by Gasteiger charge is -2.14. The van der Waals surface area contributed by atoms with Gasteiger partial charge in [0.25, 0.3) is 0 Å². The lowest BCUT2D eigenvalue weighted by Crippen LogP contribution is -2.04. The molecule has 12 nitrogen and oxygen atoms in total. The molecule has 6 aromatic heterocycles. The molecular weight excluding hydrogens is 989 g/mol. The van der Waals surface area contributed by atoms with E-state index in [2.05, 4.69) is 80.1 Å². The average Bonchev–Trinajstić information content (AvgIpc) is 4.25. The molecule has 12 heteroatoms. The van der Waals surface area contributed by atoms with E-state index in [4.69, 9.17) is 39.4 Å². The van der Waals surface area contributed by atoms with Gasteiger partial charge < -0.3 is 27.7 Å². The van der Waals surface area contributed by atoms with Crippen LogP contribution in [0.3, 0.4) is 0 Å². The van der Waals surface area contributed by atoms with Crippen LogP contribution in [0.1, 0.15) is 113 Å². The number of benzene rings is 5. The number of fused-ring (bicyclic) bond motifs is 4. The summed E-state index contributed by atoms with van der Waals surface area (Å²) in [6, 6.07) is 44.7. The third kappa shape index (κ3) is 11.4. The zero-order valence-corrected chi connectivity index (χ0v) is 46.9. The van der Waals surface area contributed by atoms with Crippen molar-refractivity contribution in [2.45, 2.75) is 90.9 Å². The highest BCUT2D eigenvalue weighted by molar-refractivity contribution is 5.84. The first kappa shape index (κ1) is 53.0. The van der Waals surface area contributed by atoms with Crippen LogP contribution in [0.4, 0.5) is 0 Å². The summed E-state index contributed by atoms with van der Waals surface area (Å²) in [4.78, 5) is 30.7. The van der Waals surface area contributed by atoms with Crippen molar-refractivity contribution in [2.24, 2.45) is 28.2 Å². The number of aryl methyl sites for hydroxylation is 4. The zero-order chi connectivity index (χ0) is 55.0. The van der Waals surface area contributed by atoms with Gasteiger partial charge in [-0.3, -0.25) is 0 Å². The van der Waals surface area contributed by atoms with Crippen molar-refractivity contribution in [3.8, 4) is 81.3 Å². The van der Waals surface area contributed by atoms with E-state index < -0.39 is 0 Å². The van der Waals surface area contributed by atoms with E-state index in [1.54, 1.807) is 0 Å². The maximum atomic E-state index is 6.79. The van der Waals surface area contributed by atoms with Gasteiger partial charge in [-0.1, -0.05) is 150 Å². The molecule has 5 aromatic carbocycles. The van der Waals surface area contributed by atoms with Crippen LogP contribution in [-0.4, -0.2) is 61.4 Å². The number of hydrogen-bond acceptors (Lipinski definition) is 8. The molecule has 0 unspecified atom stereocenters. The summed E-state index contributed by atoms with van der Waals surface area (Å²) in [7, 11) is 8.11. The van der Waals surface area contributed by atoms with Crippen LogP contribution in [0.5, 0.6) is 11.5 Å². The van der Waals surface area contributed by atoms with Gasteiger partial charge in [0, 0.05) is 51.5 Å². The Morgan fingerprint density at radius 3 is 0.925 bits per heavy atom. The first-order valence-electron chi connectivity index (χ1n) is 28.4. The van der Waals surface area contributed by atoms with Gasteiger partial charge in [0.2, 0.25) is 0 Å². The molecule has 0 atom stereocenters. The molecule has 0 saturated carbocycles. The van der Waals surface area contributed by atoms with Crippen LogP contribution in [0.2, 0.25) is 0 Å². The minimum atomic E-state index is 0.543. The van der Waals surface area contributed by atoms with Gasteiger partial charge in [-0.2, -0.15) is 0 Å². The van der Waals surface area contributed by atoms with Crippen molar-refractivity contribution >= 4 is 44.1 Å². The number of hydrogen-bond donors (Lipinski definition) is 0. The lowest BCUT2D eigenvalue weighted by atomic mass is 10.1. The van der Waals surface area contributed by atoms with Crippen molar-refractivity contribution in [2.75, 3.05) is 13.2 Å². The van der Waals surface area contributed by atoms with Crippen molar-refractivity contribution in [3.05, 3.63) is 156 Å². The number of ether oxygens (including phenoxy) is 2. The fraction of sp³-hybridized carbons (Fsp3) is 0.294. The maximum Gasteiger partial charge on any atom is 0.159 e. The molecular formula is C68H68N10O2. The van der Waals surface area contributed by atoms with Crippen LogP contribution in [0.15, 0.2) is 133 Å². The summed E-state index contributed by atoms with van der Waals surface area (Å²) >= 11 is 0. The predicted octanol–water partition coefficient (Wildman–Crippen LogP) is 15.0. The topological polar surface area (TPSA) is 116 Å². The van der Waals surface area contributed by atoms with E-state index in [1.807, 2.05) is 137 Å². The standard InChI is InChI=1S/C68H68N10O2/c1-7-9-11-13-15-25-39-79-63-45-50(38-36-48-43-57(67-73-53-29-19-23-33-61(53)77(67)5)70-58(44-48)68-74-54-30-20-24-34-62(54)78(68)6)64(80-40-26-16-14-12-10-8-2)46-49(63)37-35-47-41-55(65-71-51-27-17-21-31-59(51)75(65)3)69-56(42-47)66-72-52-28-18-22-32-60(52)76(66)4/h17-24,27-34,41-46H,7-16,25-26,39-40H2,1-6H3. The molecule has 402 valence electrons. The maximum absolute atomic E-state index is 6.79. The summed E-state index contributed by atoms with van der Waals surface area (Å²) in [6.07, 6.45) is 13.7. The minimum Gasteiger partial charge on any atom is -0.492 e. The number of nitrogens with zero attached hydrogens (tertiary/aromatic N) is 10. The van der Waals surface area contributed by atoms with Crippen molar-refractivity contribution in [1.29, 1.82) is 0 Å². The van der Waals surface area contributed by atoms with Gasteiger partial charge in [0.05, 0.1) is 68.5 Å². The molecule has 0 bridgehead atoms. The van der Waals surface area contributed by atoms with Crippen LogP contribution < -0.4 is 9.47 Å². The fourth-order valence-corrected chi connectivity index (χ4v) is 10.6. The number of unbranched alkanes of at least 4 members (excludes halogenated alkanes) is 10. The Kier molecular flexibility index (Phi) is 16.1. The molecule has 0 aliphatic rings. The molecule has 0 amide bonds. The molecule has 0 fully saturated rings. The third-order valence-corrected chi connectivity index (χ3v) is 15.0. The second-order valence-electron chi connectivity index (χ2n) is 20.8. The molecule has 6 heterocycles. The number of aromatic nitrogens is 10. The third-order valence-electron chi connectivity index (χ3n) is 15.0. The average molecular weight is 1060 g/mol. The molecule has 0 spiro atoms. The molecule has 0 N–H and O–H groups in total. The van der Waals surface area contributed by atoms with Gasteiger partial charge in [-0.05, 0) is 85.6 Å². The van der Waals surface area contributed by atoms with Gasteiger partial charge in [0.1, 0.15) is 34.3 Å². The first-order chi connectivity index (χ1) is 39.2. The highest BCUT2D eigenvalue weighted by Gasteiger charge is 2.20. The van der Waals surface area contributed by atoms with Gasteiger partial charge >= 0.3 is 0 Å². The van der Waals surface area contributed by atoms with Crippen molar-refractivity contribution < 1.29 is 9.47 Å². The largest absolute Gasteiger partial charge is 0.492 e. The van der Waals surface area contributed by atoms with Crippen LogP contribution >= 0.6 is 0 Å². The molecule has 0 saturated heterocycles. The quantitative estimate of drug-likeness (QED) is 0.0547. The van der Waals surface area contributed by atoms with E-state index in [-0.39, 0.29) is 0 Å². The van der Waals surface area contributed by atoms with Crippen LogP contribution in [0, 0.1) is 23.7 Å². The number of para-hydroxylation sites is 8. The van der Waals surface area contributed by atoms with Crippen molar-refractivity contribution in [3.63, 3.8) is 0 Å². The van der Waals surface area contributed by atoms with E-state index in [0.717, 1.165) is 104 Å². The predicted molar refractivity (Wildman–Crippen MR) is 323 cm³/mol. The molecule has 11 rings (SSSR count). The number of pyridine rings is 2. The SMILES string of the molecule is CCCCCCCCOc1cc(C#Cc2cc(-c3nc4ccccc4n3C)nc(-c3nc4ccccc4n3C)c2)c(OCCCCCCCC)cc1C#Cc1cc(-c2nc3ccccc3n2C)nc(-c2nc3ccccc3n2C)c1. The van der Waals surface area contributed by atoms with E-state index >= 15 is 0 Å². The molecule has 11 aromatic rings. The molecule has 0 radical (unpaired) electrons. The summed E-state index contributed by atoms with van der Waals surface area (Å²) in [5.41, 5.74) is 13.4. The Morgan fingerprint density at radius 1 is 0.338 bits per heavy atom. The Labute approximate surface area is 468 Å². The van der Waals surface area contributed by atoms with Crippen molar-refractivity contribution in [1.82, 2.24) is 48.2 Å². The smallest absolute Gasteiger partial charge is 0.159 e. The van der Waals surface area contributed by atoms with Gasteiger partial charge in [-0.25, -0.2) is 29.9 Å². The van der Waals surface area contributed by atoms with Gasteiger partial charge in [-0.15, -0.1) is 0 Å². The normalized spacial score (nSPS) is 11.4. The first-order valence-corrected chi connectivity index (χ1v) is 28.4. The Morgan fingerprint density at radius 2 is 0.625 bits per heavy atom. The minimum absolute atomic E-state index is 0.543. The Bertz CT molecular complexity index is 3690. The lowest BCUT2D eigenvalue weighted by molar-refractivity contribution is 0.295. The monoisotopic (exact) mass is 1060 g/mol. The summed E-state index contributed by atoms with van der Waals surface area (Å²) in [5, 5.41) is 0. The zero-order valence-electron chi connectivity index (χ0n) is 46.9. The second-order valence-corrected chi connectivity index (χ2v) is 20.8. The molecule has 0 aliphatic heterocycles. The molecule has 0 aliphatic carbocycles. The summed E-state index contributed by atoms with van der Waals surface area (Å²) in [5.74, 6) is 18.5. The fourth-order valence-electron chi connectivity index (χ4n) is 10.6. The highest BCUT2D eigenvalue weighted by atomic mass is 16.5. The summed E-state index contributed by atoms with van der Waals surface area (Å²) in [6.45, 7) is 5.58. The molecule has 80 heavy (non-hydrogen) atoms. The summed E-state index contributed by atoms with van der Waals surface area (Å²) < 4.78 is 21.9. The van der Waals surface area contributed by atoms with E-state index in [1.165, 1.54) is 51.4 Å². The Balaban J connectivity index is 1.03. The number of imidazole rings is 4. The highest BCUT2D eigenvalue weighted by Crippen LogP contribution is 2.33. The van der Waals surface area contributed by atoms with Crippen LogP contribution in [-0.2, 0) is 28.2 Å². The Hall–Kier alpha value is -9.00. The van der Waals surface area contributed by atoms with Crippen LogP contribution in [0.25, 0.3) is 90.2 Å². The van der Waals surface area contributed by atoms with E-state index in [0.29, 0.717) is 58.6 Å².